The van der Waals surface area contributed by atoms with Crippen molar-refractivity contribution in [1.82, 2.24) is 0 Å². The fourth-order valence-electron chi connectivity index (χ4n) is 3.18. The second kappa shape index (κ2) is 4.85. The van der Waals surface area contributed by atoms with E-state index in [2.05, 4.69) is 15.9 Å². The van der Waals surface area contributed by atoms with Crippen molar-refractivity contribution >= 4 is 33.4 Å². The maximum absolute atomic E-state index is 11.0. The molecule has 0 N–H and O–H groups in total. The number of nitro benzene ring substituents is 1. The van der Waals surface area contributed by atoms with Crippen LogP contribution in [0, 0.1) is 22.0 Å². The molecule has 0 aromatic heterocycles. The van der Waals surface area contributed by atoms with E-state index in [1.165, 1.54) is 19.3 Å². The van der Waals surface area contributed by atoms with E-state index in [1.807, 2.05) is 12.1 Å². The number of thioether (sulfide) groups is 1. The molecule has 0 radical (unpaired) electrons. The van der Waals surface area contributed by atoms with E-state index in [1.54, 1.807) is 23.9 Å². The first-order valence-electron chi connectivity index (χ1n) is 6.21. The molecule has 2 bridgehead atoms. The Morgan fingerprint density at radius 1 is 1.28 bits per heavy atom. The molecule has 18 heavy (non-hydrogen) atoms. The van der Waals surface area contributed by atoms with Gasteiger partial charge >= 0.3 is 0 Å². The van der Waals surface area contributed by atoms with Crippen LogP contribution >= 0.6 is 27.7 Å². The van der Waals surface area contributed by atoms with Crippen molar-refractivity contribution in [2.24, 2.45) is 11.8 Å². The molecule has 0 amide bonds. The molecular weight excluding hydrogens is 314 g/mol. The van der Waals surface area contributed by atoms with Gasteiger partial charge in [-0.25, -0.2) is 0 Å². The number of fused-ring (bicyclic) bond motifs is 2. The SMILES string of the molecule is O=[N+]([O-])c1ccccc1S[C@H]1[C@H]2CC[C@@H](C2)[C@H]1Br. The Morgan fingerprint density at radius 2 is 2.00 bits per heavy atom. The summed E-state index contributed by atoms with van der Waals surface area (Å²) in [6.07, 6.45) is 3.88. The Hall–Kier alpha value is -0.550. The van der Waals surface area contributed by atoms with Crippen LogP contribution in [-0.2, 0) is 0 Å². The van der Waals surface area contributed by atoms with Crippen LogP contribution in [0.5, 0.6) is 0 Å². The summed E-state index contributed by atoms with van der Waals surface area (Å²) in [5.41, 5.74) is 0.241. The summed E-state index contributed by atoms with van der Waals surface area (Å²) >= 11 is 5.48. The number of hydrogen-bond acceptors (Lipinski definition) is 3. The third-order valence-corrected chi connectivity index (χ3v) is 7.28. The van der Waals surface area contributed by atoms with Gasteiger partial charge < -0.3 is 0 Å². The Balaban J connectivity index is 1.83. The number of alkyl halides is 1. The van der Waals surface area contributed by atoms with Gasteiger partial charge in [0.2, 0.25) is 0 Å². The Bertz CT molecular complexity index is 480. The van der Waals surface area contributed by atoms with Gasteiger partial charge in [-0.1, -0.05) is 28.1 Å². The fraction of sp³-hybridized carbons (Fsp3) is 0.538. The lowest BCUT2D eigenvalue weighted by Gasteiger charge is -2.26. The number of hydrogen-bond donors (Lipinski definition) is 0. The third-order valence-electron chi connectivity index (χ3n) is 4.07. The molecule has 5 heteroatoms. The first-order chi connectivity index (χ1) is 8.66. The average molecular weight is 328 g/mol. The predicted molar refractivity (Wildman–Crippen MR) is 76.3 cm³/mol. The monoisotopic (exact) mass is 327 g/mol. The van der Waals surface area contributed by atoms with Gasteiger partial charge in [0.05, 0.1) is 9.82 Å². The zero-order valence-electron chi connectivity index (χ0n) is 9.79. The molecular formula is C13H14BrNO2S. The van der Waals surface area contributed by atoms with Gasteiger partial charge in [-0.15, -0.1) is 11.8 Å². The fourth-order valence-corrected chi connectivity index (χ4v) is 5.93. The second-order valence-electron chi connectivity index (χ2n) is 5.08. The smallest absolute Gasteiger partial charge is 0.258 e. The van der Waals surface area contributed by atoms with Gasteiger partial charge in [0.1, 0.15) is 0 Å². The highest BCUT2D eigenvalue weighted by Crippen LogP contribution is 2.54. The maximum Gasteiger partial charge on any atom is 0.282 e. The van der Waals surface area contributed by atoms with Crippen LogP contribution in [0.4, 0.5) is 5.69 Å². The lowest BCUT2D eigenvalue weighted by molar-refractivity contribution is -0.387. The second-order valence-corrected chi connectivity index (χ2v) is 7.36. The Morgan fingerprint density at radius 3 is 2.67 bits per heavy atom. The summed E-state index contributed by atoms with van der Waals surface area (Å²) in [4.78, 5) is 12.1. The lowest BCUT2D eigenvalue weighted by Crippen LogP contribution is -2.24. The van der Waals surface area contributed by atoms with Crippen molar-refractivity contribution in [2.45, 2.75) is 34.2 Å². The molecule has 4 atom stereocenters. The van der Waals surface area contributed by atoms with Crippen molar-refractivity contribution in [2.75, 3.05) is 0 Å². The van der Waals surface area contributed by atoms with Gasteiger partial charge in [-0.3, -0.25) is 10.1 Å². The lowest BCUT2D eigenvalue weighted by atomic mass is 10.0. The van der Waals surface area contributed by atoms with Gasteiger partial charge in [0.15, 0.2) is 0 Å². The molecule has 2 aliphatic rings. The van der Waals surface area contributed by atoms with Crippen molar-refractivity contribution in [3.05, 3.63) is 34.4 Å². The first-order valence-corrected chi connectivity index (χ1v) is 8.00. The molecule has 0 spiro atoms. The molecule has 3 rings (SSSR count). The third kappa shape index (κ3) is 2.07. The van der Waals surface area contributed by atoms with Crippen molar-refractivity contribution in [3.63, 3.8) is 0 Å². The summed E-state index contributed by atoms with van der Waals surface area (Å²) in [5.74, 6) is 1.50. The summed E-state index contributed by atoms with van der Waals surface area (Å²) in [6.45, 7) is 0. The van der Waals surface area contributed by atoms with E-state index in [-0.39, 0.29) is 10.6 Å². The minimum atomic E-state index is -0.279. The summed E-state index contributed by atoms with van der Waals surface area (Å²) in [6, 6.07) is 7.08. The van der Waals surface area contributed by atoms with E-state index < -0.39 is 0 Å². The zero-order valence-corrected chi connectivity index (χ0v) is 12.2. The van der Waals surface area contributed by atoms with Crippen LogP contribution in [0.1, 0.15) is 19.3 Å². The number of benzene rings is 1. The van der Waals surface area contributed by atoms with Gasteiger partial charge in [-0.2, -0.15) is 0 Å². The van der Waals surface area contributed by atoms with Crippen LogP contribution in [0.3, 0.4) is 0 Å². The van der Waals surface area contributed by atoms with Crippen molar-refractivity contribution < 1.29 is 4.92 Å². The summed E-state index contributed by atoms with van der Waals surface area (Å²) < 4.78 is 0. The number of nitro groups is 1. The molecule has 0 aliphatic heterocycles. The number of halogens is 1. The van der Waals surface area contributed by atoms with Crippen molar-refractivity contribution in [1.29, 1.82) is 0 Å². The number of rotatable bonds is 3. The van der Waals surface area contributed by atoms with E-state index in [9.17, 15) is 10.1 Å². The van der Waals surface area contributed by atoms with Crippen LogP contribution in [0.15, 0.2) is 29.2 Å². The van der Waals surface area contributed by atoms with E-state index in [0.717, 1.165) is 16.7 Å². The predicted octanol–water partition coefficient (Wildman–Crippen LogP) is 4.25. The molecule has 1 aromatic rings. The van der Waals surface area contributed by atoms with Crippen molar-refractivity contribution in [3.8, 4) is 0 Å². The Kier molecular flexibility index (Phi) is 3.36. The van der Waals surface area contributed by atoms with Crippen LogP contribution in [-0.4, -0.2) is 15.0 Å². The Labute approximate surface area is 119 Å². The zero-order chi connectivity index (χ0) is 12.7. The highest BCUT2D eigenvalue weighted by Gasteiger charge is 2.47. The largest absolute Gasteiger partial charge is 0.282 e. The number of para-hydroxylation sites is 1. The van der Waals surface area contributed by atoms with Crippen LogP contribution < -0.4 is 0 Å². The highest BCUT2D eigenvalue weighted by molar-refractivity contribution is 9.09. The molecule has 2 aliphatic carbocycles. The molecule has 0 heterocycles. The quantitative estimate of drug-likeness (QED) is 0.473. The summed E-state index contributed by atoms with van der Waals surface area (Å²) in [7, 11) is 0. The summed E-state index contributed by atoms with van der Waals surface area (Å²) in [5, 5.41) is 11.5. The molecule has 96 valence electrons. The van der Waals surface area contributed by atoms with Gasteiger partial charge in [0, 0.05) is 16.1 Å². The standard InChI is InChI=1S/C13H14BrNO2S/c14-12-8-5-6-9(7-8)13(12)18-11-4-2-1-3-10(11)15(16)17/h1-4,8-9,12-13H,5-7H2/t8-,9-,12+,13-/m0/s1. The highest BCUT2D eigenvalue weighted by atomic mass is 79.9. The minimum Gasteiger partial charge on any atom is -0.258 e. The van der Waals surface area contributed by atoms with E-state index in [4.69, 9.17) is 0 Å². The molecule has 0 unspecified atom stereocenters. The van der Waals surface area contributed by atoms with Gasteiger partial charge in [0.25, 0.3) is 5.69 Å². The molecule has 1 aromatic carbocycles. The van der Waals surface area contributed by atoms with Gasteiger partial charge in [-0.05, 0) is 37.2 Å². The first kappa shape index (κ1) is 12.5. The molecule has 3 nitrogen and oxygen atoms in total. The number of nitrogens with zero attached hydrogens (tertiary/aromatic N) is 1. The van der Waals surface area contributed by atoms with E-state index >= 15 is 0 Å². The normalized spacial score (nSPS) is 33.8. The maximum atomic E-state index is 11.0. The molecule has 2 fully saturated rings. The molecule has 2 saturated carbocycles. The minimum absolute atomic E-state index is 0.241. The topological polar surface area (TPSA) is 43.1 Å². The average Bonchev–Trinajstić information content (AvgIpc) is 2.93. The van der Waals surface area contributed by atoms with E-state index in [0.29, 0.717) is 10.1 Å². The molecule has 0 saturated heterocycles. The van der Waals surface area contributed by atoms with Crippen LogP contribution in [0.2, 0.25) is 0 Å². The van der Waals surface area contributed by atoms with Crippen LogP contribution in [0.25, 0.3) is 0 Å².